The molecule has 2 N–H and O–H groups in total. The highest BCUT2D eigenvalue weighted by molar-refractivity contribution is 8.01. The third kappa shape index (κ3) is 5.82. The second-order valence-corrected chi connectivity index (χ2v) is 6.68. The number of para-hydroxylation sites is 1. The molecule has 0 saturated heterocycles. The van der Waals surface area contributed by atoms with Gasteiger partial charge in [-0.05, 0) is 19.9 Å². The van der Waals surface area contributed by atoms with Crippen LogP contribution >= 0.6 is 11.8 Å². The monoisotopic (exact) mass is 363 g/mol. The second-order valence-electron chi connectivity index (χ2n) is 5.35. The maximum Gasteiger partial charge on any atom is 0.238 e. The number of rotatable bonds is 8. The van der Waals surface area contributed by atoms with Crippen molar-refractivity contribution in [3.05, 3.63) is 41.7 Å². The van der Waals surface area contributed by atoms with Gasteiger partial charge < -0.3 is 19.9 Å². The lowest BCUT2D eigenvalue weighted by Gasteiger charge is -2.12. The van der Waals surface area contributed by atoms with E-state index in [0.29, 0.717) is 18.1 Å². The Labute approximate surface area is 150 Å². The van der Waals surface area contributed by atoms with Crippen LogP contribution in [-0.2, 0) is 16.1 Å². The van der Waals surface area contributed by atoms with Crippen LogP contribution in [0.5, 0.6) is 5.75 Å². The van der Waals surface area contributed by atoms with Gasteiger partial charge in [-0.2, -0.15) is 0 Å². The van der Waals surface area contributed by atoms with E-state index >= 15 is 0 Å². The average molecular weight is 363 g/mol. The summed E-state index contributed by atoms with van der Waals surface area (Å²) < 4.78 is 10.1. The molecule has 0 radical (unpaired) electrons. The number of methoxy groups -OCH3 is 1. The lowest BCUT2D eigenvalue weighted by molar-refractivity contribution is -0.118. The summed E-state index contributed by atoms with van der Waals surface area (Å²) in [7, 11) is 1.59. The van der Waals surface area contributed by atoms with E-state index in [2.05, 4.69) is 15.8 Å². The molecule has 1 heterocycles. The largest absolute Gasteiger partial charge is 0.496 e. The number of anilines is 1. The number of ether oxygens (including phenoxy) is 1. The molecular formula is C17H21N3O4S. The van der Waals surface area contributed by atoms with Crippen molar-refractivity contribution in [1.29, 1.82) is 0 Å². The van der Waals surface area contributed by atoms with Gasteiger partial charge in [-0.25, -0.2) is 0 Å². The molecule has 0 bridgehead atoms. The van der Waals surface area contributed by atoms with E-state index in [4.69, 9.17) is 9.26 Å². The Morgan fingerprint density at radius 2 is 2.12 bits per heavy atom. The zero-order valence-corrected chi connectivity index (χ0v) is 15.2. The van der Waals surface area contributed by atoms with Crippen LogP contribution in [0.4, 0.5) is 5.82 Å². The van der Waals surface area contributed by atoms with E-state index in [9.17, 15) is 9.59 Å². The predicted molar refractivity (Wildman–Crippen MR) is 96.6 cm³/mol. The first kappa shape index (κ1) is 18.9. The van der Waals surface area contributed by atoms with Gasteiger partial charge in [0.25, 0.3) is 0 Å². The van der Waals surface area contributed by atoms with Crippen molar-refractivity contribution in [2.45, 2.75) is 25.6 Å². The van der Waals surface area contributed by atoms with Gasteiger partial charge in [-0.15, -0.1) is 11.8 Å². The number of carbonyl (C=O) groups excluding carboxylic acids is 2. The minimum atomic E-state index is -0.394. The van der Waals surface area contributed by atoms with E-state index in [-0.39, 0.29) is 17.6 Å². The number of carbonyl (C=O) groups is 2. The molecule has 0 unspecified atom stereocenters. The van der Waals surface area contributed by atoms with Crippen LogP contribution in [0.1, 0.15) is 18.2 Å². The molecule has 1 aromatic heterocycles. The number of amides is 2. The van der Waals surface area contributed by atoms with Crippen LogP contribution in [0.3, 0.4) is 0 Å². The van der Waals surface area contributed by atoms with Crippen molar-refractivity contribution < 1.29 is 18.8 Å². The van der Waals surface area contributed by atoms with Gasteiger partial charge in [0.05, 0.1) is 18.1 Å². The Hall–Kier alpha value is -2.48. The van der Waals surface area contributed by atoms with Gasteiger partial charge in [0, 0.05) is 18.2 Å². The molecule has 2 rings (SSSR count). The Bertz CT molecular complexity index is 732. The summed E-state index contributed by atoms with van der Waals surface area (Å²) in [6.07, 6.45) is 0. The van der Waals surface area contributed by atoms with Crippen LogP contribution in [0, 0.1) is 6.92 Å². The highest BCUT2D eigenvalue weighted by Crippen LogP contribution is 2.17. The lowest BCUT2D eigenvalue weighted by atomic mass is 10.2. The van der Waals surface area contributed by atoms with E-state index < -0.39 is 5.25 Å². The number of aromatic nitrogens is 1. The maximum atomic E-state index is 12.0. The first-order chi connectivity index (χ1) is 12.0. The van der Waals surface area contributed by atoms with Gasteiger partial charge in [-0.1, -0.05) is 23.4 Å². The fourth-order valence-corrected chi connectivity index (χ4v) is 2.74. The fourth-order valence-electron chi connectivity index (χ4n) is 2.02. The molecule has 134 valence electrons. The quantitative estimate of drug-likeness (QED) is 0.748. The van der Waals surface area contributed by atoms with Gasteiger partial charge in [-0.3, -0.25) is 9.59 Å². The van der Waals surface area contributed by atoms with Crippen molar-refractivity contribution >= 4 is 29.4 Å². The standard InChI is InChI=1S/C17H21N3O4S/c1-11-8-15(20-24-11)19-17(22)12(2)25-10-16(21)18-9-13-6-4-5-7-14(13)23-3/h4-8,12H,9-10H2,1-3H3,(H,18,21)(H,19,20,22)/t12-/m0/s1. The third-order valence-electron chi connectivity index (χ3n) is 3.38. The van der Waals surface area contributed by atoms with Gasteiger partial charge in [0.2, 0.25) is 11.8 Å². The van der Waals surface area contributed by atoms with Crippen LogP contribution in [0.2, 0.25) is 0 Å². The SMILES string of the molecule is COc1ccccc1CNC(=O)CS[C@@H](C)C(=O)Nc1cc(C)on1. The molecular weight excluding hydrogens is 342 g/mol. The molecule has 1 aromatic carbocycles. The molecule has 1 atom stereocenters. The summed E-state index contributed by atoms with van der Waals surface area (Å²) in [6.45, 7) is 3.86. The van der Waals surface area contributed by atoms with Crippen molar-refractivity contribution in [1.82, 2.24) is 10.5 Å². The van der Waals surface area contributed by atoms with Crippen molar-refractivity contribution in [2.75, 3.05) is 18.2 Å². The van der Waals surface area contributed by atoms with Crippen LogP contribution in [0.15, 0.2) is 34.9 Å². The van der Waals surface area contributed by atoms with Crippen molar-refractivity contribution in [2.24, 2.45) is 0 Å². The molecule has 2 aromatic rings. The number of nitrogens with one attached hydrogen (secondary N) is 2. The summed E-state index contributed by atoms with van der Waals surface area (Å²) in [4.78, 5) is 24.0. The second kappa shape index (κ2) is 9.12. The number of aryl methyl sites for hydroxylation is 1. The van der Waals surface area contributed by atoms with Gasteiger partial charge in [0.15, 0.2) is 5.82 Å². The lowest BCUT2D eigenvalue weighted by Crippen LogP contribution is -2.28. The smallest absolute Gasteiger partial charge is 0.238 e. The molecule has 0 aliphatic heterocycles. The molecule has 7 nitrogen and oxygen atoms in total. The Morgan fingerprint density at radius 3 is 2.80 bits per heavy atom. The number of nitrogens with zero attached hydrogens (tertiary/aromatic N) is 1. The number of hydrogen-bond donors (Lipinski definition) is 2. The number of thioether (sulfide) groups is 1. The zero-order chi connectivity index (χ0) is 18.2. The van der Waals surface area contributed by atoms with Gasteiger partial charge in [0.1, 0.15) is 11.5 Å². The molecule has 8 heteroatoms. The molecule has 0 aliphatic rings. The third-order valence-corrected chi connectivity index (χ3v) is 4.52. The molecule has 0 fully saturated rings. The average Bonchev–Trinajstić information content (AvgIpc) is 3.02. The summed E-state index contributed by atoms with van der Waals surface area (Å²) >= 11 is 1.25. The van der Waals surface area contributed by atoms with Crippen molar-refractivity contribution in [3.63, 3.8) is 0 Å². The topological polar surface area (TPSA) is 93.5 Å². The summed E-state index contributed by atoms with van der Waals surface area (Å²) in [5.74, 6) is 1.53. The van der Waals surface area contributed by atoms with Gasteiger partial charge >= 0.3 is 0 Å². The molecule has 0 saturated carbocycles. The first-order valence-corrected chi connectivity index (χ1v) is 8.79. The highest BCUT2D eigenvalue weighted by Gasteiger charge is 2.17. The first-order valence-electron chi connectivity index (χ1n) is 7.74. The zero-order valence-electron chi connectivity index (χ0n) is 14.4. The minimum Gasteiger partial charge on any atom is -0.496 e. The highest BCUT2D eigenvalue weighted by atomic mass is 32.2. The normalized spacial score (nSPS) is 11.6. The van der Waals surface area contributed by atoms with E-state index in [0.717, 1.165) is 11.3 Å². The summed E-state index contributed by atoms with van der Waals surface area (Å²) in [5.41, 5.74) is 0.899. The number of benzene rings is 1. The summed E-state index contributed by atoms with van der Waals surface area (Å²) in [5, 5.41) is 8.78. The predicted octanol–water partition coefficient (Wildman–Crippen LogP) is 2.37. The van der Waals surface area contributed by atoms with Crippen LogP contribution < -0.4 is 15.4 Å². The summed E-state index contributed by atoms with van der Waals surface area (Å²) in [6, 6.07) is 9.12. The minimum absolute atomic E-state index is 0.146. The molecule has 2 amide bonds. The van der Waals surface area contributed by atoms with Crippen molar-refractivity contribution in [3.8, 4) is 5.75 Å². The molecule has 25 heavy (non-hydrogen) atoms. The fraction of sp³-hybridized carbons (Fsp3) is 0.353. The Morgan fingerprint density at radius 1 is 1.36 bits per heavy atom. The maximum absolute atomic E-state index is 12.0. The molecule has 0 aliphatic carbocycles. The van der Waals surface area contributed by atoms with E-state index in [1.165, 1.54) is 11.8 Å². The number of hydrogen-bond acceptors (Lipinski definition) is 6. The van der Waals surface area contributed by atoms with E-state index in [1.807, 2.05) is 24.3 Å². The molecule has 0 spiro atoms. The Kier molecular flexibility index (Phi) is 6.88. The van der Waals surface area contributed by atoms with Crippen LogP contribution in [-0.4, -0.2) is 35.1 Å². The van der Waals surface area contributed by atoms with E-state index in [1.54, 1.807) is 27.0 Å². The van der Waals surface area contributed by atoms with Crippen LogP contribution in [0.25, 0.3) is 0 Å². The Balaban J connectivity index is 1.74.